The Labute approximate surface area is 163 Å². The third-order valence-electron chi connectivity index (χ3n) is 4.81. The predicted octanol–water partition coefficient (Wildman–Crippen LogP) is 4.68. The third-order valence-corrected chi connectivity index (χ3v) is 4.81. The number of ketones is 1. The molecule has 0 aliphatic carbocycles. The highest BCUT2D eigenvalue weighted by atomic mass is 16.5. The lowest BCUT2D eigenvalue weighted by atomic mass is 10.0. The fourth-order valence-electron chi connectivity index (χ4n) is 3.40. The Hall–Kier alpha value is -3.66. The fraction of sp³-hybridized carbons (Fsp3) is 0.0833. The number of Topliss-reactive ketones (excluding diaryl/α,β-unsaturated/α-hetero) is 1. The zero-order valence-corrected chi connectivity index (χ0v) is 15.4. The van der Waals surface area contributed by atoms with Gasteiger partial charge in [0.1, 0.15) is 5.75 Å². The number of nitrogens with zero attached hydrogens (tertiary/aromatic N) is 1. The molecule has 0 N–H and O–H groups in total. The number of methoxy groups -OCH3 is 1. The van der Waals surface area contributed by atoms with Gasteiger partial charge in [0.15, 0.2) is 0 Å². The van der Waals surface area contributed by atoms with Gasteiger partial charge in [-0.25, -0.2) is 0 Å². The van der Waals surface area contributed by atoms with Crippen molar-refractivity contribution in [3.8, 4) is 5.75 Å². The summed E-state index contributed by atoms with van der Waals surface area (Å²) in [5.74, 6) is -0.424. The van der Waals surface area contributed by atoms with Gasteiger partial charge in [-0.05, 0) is 23.3 Å². The van der Waals surface area contributed by atoms with Crippen LogP contribution in [0.15, 0.2) is 84.9 Å². The topological polar surface area (TPSA) is 46.6 Å². The second-order valence-electron chi connectivity index (χ2n) is 6.51. The van der Waals surface area contributed by atoms with E-state index in [0.29, 0.717) is 17.0 Å². The summed E-state index contributed by atoms with van der Waals surface area (Å²) in [5, 5.41) is 0. The van der Waals surface area contributed by atoms with Gasteiger partial charge in [-0.1, -0.05) is 72.8 Å². The van der Waals surface area contributed by atoms with Crippen LogP contribution in [0.4, 0.5) is 5.69 Å². The highest BCUT2D eigenvalue weighted by Crippen LogP contribution is 2.39. The Kier molecular flexibility index (Phi) is 4.77. The second kappa shape index (κ2) is 7.53. The number of benzene rings is 3. The SMILES string of the molecule is COc1ccc2c(c1)N([C@@H](/C=C/c1ccccc1)c1ccccc1)C(=O)C2=O. The number of fused-ring (bicyclic) bond motifs is 1. The molecule has 1 atom stereocenters. The maximum atomic E-state index is 12.9. The van der Waals surface area contributed by atoms with Crippen molar-refractivity contribution in [2.75, 3.05) is 12.0 Å². The first-order valence-electron chi connectivity index (χ1n) is 9.03. The molecule has 0 spiro atoms. The largest absolute Gasteiger partial charge is 0.497 e. The predicted molar refractivity (Wildman–Crippen MR) is 109 cm³/mol. The number of hydrogen-bond donors (Lipinski definition) is 0. The number of rotatable bonds is 5. The van der Waals surface area contributed by atoms with Crippen LogP contribution in [0.25, 0.3) is 6.08 Å². The minimum atomic E-state index is -0.533. The van der Waals surface area contributed by atoms with Crippen molar-refractivity contribution in [1.82, 2.24) is 0 Å². The van der Waals surface area contributed by atoms with Crippen LogP contribution in [-0.2, 0) is 4.79 Å². The van der Waals surface area contributed by atoms with E-state index in [0.717, 1.165) is 11.1 Å². The summed E-state index contributed by atoms with van der Waals surface area (Å²) in [7, 11) is 1.56. The molecular formula is C24H19NO3. The van der Waals surface area contributed by atoms with Gasteiger partial charge in [-0.2, -0.15) is 0 Å². The molecule has 1 aliphatic heterocycles. The summed E-state index contributed by atoms with van der Waals surface area (Å²) in [5.41, 5.74) is 2.92. The van der Waals surface area contributed by atoms with E-state index < -0.39 is 17.7 Å². The zero-order valence-electron chi connectivity index (χ0n) is 15.4. The fourth-order valence-corrected chi connectivity index (χ4v) is 3.40. The molecule has 0 radical (unpaired) electrons. The minimum Gasteiger partial charge on any atom is -0.497 e. The molecule has 4 nitrogen and oxygen atoms in total. The summed E-state index contributed by atoms with van der Waals surface area (Å²) in [6.45, 7) is 0. The number of amides is 1. The highest BCUT2D eigenvalue weighted by Gasteiger charge is 2.39. The summed E-state index contributed by atoms with van der Waals surface area (Å²) in [6, 6.07) is 24.2. The van der Waals surface area contributed by atoms with Gasteiger partial charge in [0.05, 0.1) is 24.4 Å². The van der Waals surface area contributed by atoms with Crippen molar-refractivity contribution in [2.24, 2.45) is 0 Å². The zero-order chi connectivity index (χ0) is 19.5. The molecule has 138 valence electrons. The van der Waals surface area contributed by atoms with Crippen molar-refractivity contribution >= 4 is 23.5 Å². The van der Waals surface area contributed by atoms with Gasteiger partial charge in [0.25, 0.3) is 11.7 Å². The van der Waals surface area contributed by atoms with E-state index in [4.69, 9.17) is 4.74 Å². The van der Waals surface area contributed by atoms with Crippen molar-refractivity contribution in [3.05, 3.63) is 102 Å². The molecular weight excluding hydrogens is 350 g/mol. The van der Waals surface area contributed by atoms with Gasteiger partial charge in [-0.15, -0.1) is 0 Å². The number of hydrogen-bond acceptors (Lipinski definition) is 3. The molecule has 1 amide bonds. The van der Waals surface area contributed by atoms with Gasteiger partial charge in [-0.3, -0.25) is 14.5 Å². The van der Waals surface area contributed by atoms with Gasteiger partial charge in [0, 0.05) is 6.07 Å². The average Bonchev–Trinajstić information content (AvgIpc) is 3.00. The number of ether oxygens (including phenoxy) is 1. The molecule has 0 fully saturated rings. The summed E-state index contributed by atoms with van der Waals surface area (Å²) < 4.78 is 5.31. The first-order chi connectivity index (χ1) is 13.7. The van der Waals surface area contributed by atoms with E-state index in [2.05, 4.69) is 0 Å². The molecule has 0 unspecified atom stereocenters. The molecule has 1 aliphatic rings. The first-order valence-corrected chi connectivity index (χ1v) is 9.03. The Morgan fingerprint density at radius 1 is 0.893 bits per heavy atom. The lowest BCUT2D eigenvalue weighted by Crippen LogP contribution is -2.33. The first kappa shape index (κ1) is 17.7. The van der Waals surface area contributed by atoms with Gasteiger partial charge < -0.3 is 4.74 Å². The van der Waals surface area contributed by atoms with Gasteiger partial charge in [0.2, 0.25) is 0 Å². The maximum Gasteiger partial charge on any atom is 0.300 e. The third kappa shape index (κ3) is 3.21. The molecule has 0 saturated carbocycles. The van der Waals surface area contributed by atoms with Crippen molar-refractivity contribution in [3.63, 3.8) is 0 Å². The molecule has 0 saturated heterocycles. The van der Waals surface area contributed by atoms with Crippen LogP contribution in [0.5, 0.6) is 5.75 Å². The van der Waals surface area contributed by atoms with Crippen molar-refractivity contribution in [2.45, 2.75) is 6.04 Å². The number of anilines is 1. The summed E-state index contributed by atoms with van der Waals surface area (Å²) in [4.78, 5) is 27.0. The monoisotopic (exact) mass is 369 g/mol. The van der Waals surface area contributed by atoms with Crippen LogP contribution >= 0.6 is 0 Å². The van der Waals surface area contributed by atoms with Crippen LogP contribution in [0.1, 0.15) is 27.5 Å². The lowest BCUT2D eigenvalue weighted by molar-refractivity contribution is -0.114. The second-order valence-corrected chi connectivity index (χ2v) is 6.51. The Morgan fingerprint density at radius 2 is 1.57 bits per heavy atom. The van der Waals surface area contributed by atoms with Gasteiger partial charge >= 0.3 is 0 Å². The van der Waals surface area contributed by atoms with Crippen LogP contribution in [0.2, 0.25) is 0 Å². The van der Waals surface area contributed by atoms with Crippen LogP contribution in [0.3, 0.4) is 0 Å². The van der Waals surface area contributed by atoms with Crippen LogP contribution in [-0.4, -0.2) is 18.8 Å². The Morgan fingerprint density at radius 3 is 2.25 bits per heavy atom. The quantitative estimate of drug-likeness (QED) is 0.614. The molecule has 4 rings (SSSR count). The van der Waals surface area contributed by atoms with E-state index in [1.165, 1.54) is 0 Å². The van der Waals surface area contributed by atoms with E-state index in [-0.39, 0.29) is 0 Å². The Balaban J connectivity index is 1.82. The lowest BCUT2D eigenvalue weighted by Gasteiger charge is -2.26. The number of carbonyl (C=O) groups is 2. The number of carbonyl (C=O) groups excluding carboxylic acids is 2. The highest BCUT2D eigenvalue weighted by molar-refractivity contribution is 6.52. The van der Waals surface area contributed by atoms with Crippen molar-refractivity contribution < 1.29 is 14.3 Å². The average molecular weight is 369 g/mol. The smallest absolute Gasteiger partial charge is 0.300 e. The molecule has 3 aromatic rings. The van der Waals surface area contributed by atoms with E-state index in [1.807, 2.05) is 72.8 Å². The molecule has 28 heavy (non-hydrogen) atoms. The Bertz CT molecular complexity index is 1040. The molecule has 4 heteroatoms. The molecule has 0 aromatic heterocycles. The normalized spacial score (nSPS) is 14.4. The molecule has 1 heterocycles. The van der Waals surface area contributed by atoms with E-state index in [1.54, 1.807) is 30.2 Å². The summed E-state index contributed by atoms with van der Waals surface area (Å²) >= 11 is 0. The maximum absolute atomic E-state index is 12.9. The molecule has 3 aromatic carbocycles. The van der Waals surface area contributed by atoms with Crippen LogP contribution < -0.4 is 9.64 Å². The standard InChI is InChI=1S/C24H19NO3/c1-28-19-13-14-20-22(16-19)25(24(27)23(20)26)21(18-10-6-3-7-11-18)15-12-17-8-4-2-5-9-17/h2-16,21H,1H3/b15-12+/t21-/m0/s1. The minimum absolute atomic E-state index is 0.403. The summed E-state index contributed by atoms with van der Waals surface area (Å²) in [6.07, 6.45) is 3.91. The van der Waals surface area contributed by atoms with Crippen molar-refractivity contribution in [1.29, 1.82) is 0 Å². The van der Waals surface area contributed by atoms with E-state index >= 15 is 0 Å². The van der Waals surface area contributed by atoms with E-state index in [9.17, 15) is 9.59 Å². The molecule has 0 bridgehead atoms. The van der Waals surface area contributed by atoms with Crippen LogP contribution in [0, 0.1) is 0 Å².